The monoisotopic (exact) mass is 211 g/mol. The van der Waals surface area contributed by atoms with E-state index in [4.69, 9.17) is 5.11 Å². The highest BCUT2D eigenvalue weighted by molar-refractivity contribution is 4.91. The van der Waals surface area contributed by atoms with Crippen LogP contribution in [0.1, 0.15) is 26.1 Å². The summed E-state index contributed by atoms with van der Waals surface area (Å²) in [5, 5.41) is 8.83. The predicted molar refractivity (Wildman–Crippen MR) is 60.5 cm³/mol. The maximum atomic E-state index is 8.83. The Labute approximate surface area is 91.5 Å². The van der Waals surface area contributed by atoms with E-state index in [1.807, 2.05) is 24.0 Å². The van der Waals surface area contributed by atoms with Gasteiger partial charge in [0.25, 0.3) is 0 Å². The quantitative estimate of drug-likeness (QED) is 0.763. The van der Waals surface area contributed by atoms with Gasteiger partial charge in [0.05, 0.1) is 6.54 Å². The molecule has 0 unspecified atom stereocenters. The number of hydrogen-bond acceptors (Lipinski definition) is 3. The van der Waals surface area contributed by atoms with Crippen LogP contribution in [-0.4, -0.2) is 38.8 Å². The Hall–Kier alpha value is -0.870. The zero-order valence-corrected chi connectivity index (χ0v) is 9.85. The number of aromatic nitrogens is 2. The summed E-state index contributed by atoms with van der Waals surface area (Å²) in [4.78, 5) is 6.62. The van der Waals surface area contributed by atoms with Gasteiger partial charge in [0.15, 0.2) is 0 Å². The number of aryl methyl sites for hydroxylation is 1. The maximum Gasteiger partial charge on any atom is 0.122 e. The van der Waals surface area contributed by atoms with Crippen molar-refractivity contribution in [2.45, 2.75) is 32.9 Å². The standard InChI is InChI=1S/C11H21N3O/c1-10(2)14(6-4-8-15)9-11-12-5-7-13(11)3/h5,7,10,15H,4,6,8-9H2,1-3H3. The zero-order chi connectivity index (χ0) is 11.3. The van der Waals surface area contributed by atoms with Crippen LogP contribution in [0.3, 0.4) is 0 Å². The summed E-state index contributed by atoms with van der Waals surface area (Å²) in [7, 11) is 2.01. The minimum absolute atomic E-state index is 0.254. The molecule has 0 saturated heterocycles. The molecule has 0 aliphatic carbocycles. The highest BCUT2D eigenvalue weighted by atomic mass is 16.3. The molecule has 4 nitrogen and oxygen atoms in total. The minimum Gasteiger partial charge on any atom is -0.396 e. The average Bonchev–Trinajstić information content (AvgIpc) is 2.58. The first-order valence-electron chi connectivity index (χ1n) is 5.46. The summed E-state index contributed by atoms with van der Waals surface area (Å²) in [5.74, 6) is 1.07. The smallest absolute Gasteiger partial charge is 0.122 e. The first-order chi connectivity index (χ1) is 7.15. The van der Waals surface area contributed by atoms with Crippen LogP contribution >= 0.6 is 0 Å². The Bertz CT molecular complexity index is 283. The average molecular weight is 211 g/mol. The lowest BCUT2D eigenvalue weighted by molar-refractivity contribution is 0.180. The fourth-order valence-electron chi connectivity index (χ4n) is 1.52. The predicted octanol–water partition coefficient (Wildman–Crippen LogP) is 1.01. The van der Waals surface area contributed by atoms with Crippen LogP contribution in [0.25, 0.3) is 0 Å². The second-order valence-corrected chi connectivity index (χ2v) is 4.10. The Morgan fingerprint density at radius 2 is 2.27 bits per heavy atom. The van der Waals surface area contributed by atoms with E-state index in [9.17, 15) is 0 Å². The first kappa shape index (κ1) is 12.2. The number of hydrogen-bond donors (Lipinski definition) is 1. The van der Waals surface area contributed by atoms with Gasteiger partial charge >= 0.3 is 0 Å². The normalized spacial score (nSPS) is 11.6. The van der Waals surface area contributed by atoms with Gasteiger partial charge < -0.3 is 9.67 Å². The molecule has 1 aromatic heterocycles. The van der Waals surface area contributed by atoms with Crippen molar-refractivity contribution in [1.29, 1.82) is 0 Å². The lowest BCUT2D eigenvalue weighted by atomic mass is 10.3. The molecule has 0 aromatic carbocycles. The van der Waals surface area contributed by atoms with Crippen molar-refractivity contribution < 1.29 is 5.11 Å². The van der Waals surface area contributed by atoms with Gasteiger partial charge in [-0.2, -0.15) is 0 Å². The van der Waals surface area contributed by atoms with Crippen LogP contribution in [0.2, 0.25) is 0 Å². The van der Waals surface area contributed by atoms with Gasteiger partial charge in [0, 0.05) is 38.6 Å². The summed E-state index contributed by atoms with van der Waals surface area (Å²) in [6.45, 7) is 6.35. The van der Waals surface area contributed by atoms with Gasteiger partial charge in [-0.1, -0.05) is 0 Å². The number of aliphatic hydroxyl groups excluding tert-OH is 1. The summed E-state index contributed by atoms with van der Waals surface area (Å²) in [6.07, 6.45) is 4.60. The summed E-state index contributed by atoms with van der Waals surface area (Å²) in [5.41, 5.74) is 0. The number of aliphatic hydroxyl groups is 1. The van der Waals surface area contributed by atoms with E-state index in [-0.39, 0.29) is 6.61 Å². The van der Waals surface area contributed by atoms with Crippen molar-refractivity contribution in [1.82, 2.24) is 14.5 Å². The van der Waals surface area contributed by atoms with Crippen LogP contribution < -0.4 is 0 Å². The SMILES string of the molecule is CC(C)N(CCCO)Cc1nccn1C. The van der Waals surface area contributed by atoms with Gasteiger partial charge in [-0.25, -0.2) is 4.98 Å². The molecule has 0 amide bonds. The molecule has 15 heavy (non-hydrogen) atoms. The third-order valence-electron chi connectivity index (χ3n) is 2.60. The van der Waals surface area contributed by atoms with E-state index in [0.29, 0.717) is 6.04 Å². The zero-order valence-electron chi connectivity index (χ0n) is 9.85. The van der Waals surface area contributed by atoms with Crippen molar-refractivity contribution in [2.24, 2.45) is 7.05 Å². The van der Waals surface area contributed by atoms with Crippen molar-refractivity contribution in [3.8, 4) is 0 Å². The van der Waals surface area contributed by atoms with E-state index < -0.39 is 0 Å². The lowest BCUT2D eigenvalue weighted by Crippen LogP contribution is -2.32. The molecule has 1 rings (SSSR count). The van der Waals surface area contributed by atoms with Crippen molar-refractivity contribution in [3.63, 3.8) is 0 Å². The molecule has 1 heterocycles. The Kier molecular flexibility index (Phi) is 4.78. The van der Waals surface area contributed by atoms with Gasteiger partial charge in [-0.3, -0.25) is 4.90 Å². The number of nitrogens with zero attached hydrogens (tertiary/aromatic N) is 3. The topological polar surface area (TPSA) is 41.3 Å². The molecule has 0 fully saturated rings. The molecule has 0 spiro atoms. The van der Waals surface area contributed by atoms with E-state index in [2.05, 4.69) is 23.7 Å². The molecule has 0 atom stereocenters. The highest BCUT2D eigenvalue weighted by Gasteiger charge is 2.11. The van der Waals surface area contributed by atoms with Crippen molar-refractivity contribution in [2.75, 3.05) is 13.2 Å². The molecule has 4 heteroatoms. The van der Waals surface area contributed by atoms with Crippen LogP contribution in [0.15, 0.2) is 12.4 Å². The maximum absolute atomic E-state index is 8.83. The van der Waals surface area contributed by atoms with Crippen LogP contribution in [0.5, 0.6) is 0 Å². The number of rotatable bonds is 6. The molecule has 0 saturated carbocycles. The third-order valence-corrected chi connectivity index (χ3v) is 2.60. The van der Waals surface area contributed by atoms with E-state index >= 15 is 0 Å². The lowest BCUT2D eigenvalue weighted by Gasteiger charge is -2.25. The number of imidazole rings is 1. The van der Waals surface area contributed by atoms with Gasteiger partial charge in [-0.05, 0) is 20.3 Å². The second-order valence-electron chi connectivity index (χ2n) is 4.10. The van der Waals surface area contributed by atoms with E-state index in [0.717, 1.165) is 25.3 Å². The van der Waals surface area contributed by atoms with Crippen molar-refractivity contribution >= 4 is 0 Å². The van der Waals surface area contributed by atoms with Crippen LogP contribution in [-0.2, 0) is 13.6 Å². The van der Waals surface area contributed by atoms with Gasteiger partial charge in [0.1, 0.15) is 5.82 Å². The molecular formula is C11H21N3O. The Morgan fingerprint density at radius 3 is 2.73 bits per heavy atom. The summed E-state index contributed by atoms with van der Waals surface area (Å²) in [6, 6.07) is 0.480. The largest absolute Gasteiger partial charge is 0.396 e. The molecule has 1 N–H and O–H groups in total. The summed E-state index contributed by atoms with van der Waals surface area (Å²) < 4.78 is 2.04. The molecule has 1 aromatic rings. The molecule has 86 valence electrons. The molecule has 0 bridgehead atoms. The first-order valence-corrected chi connectivity index (χ1v) is 5.46. The minimum atomic E-state index is 0.254. The fourth-order valence-corrected chi connectivity index (χ4v) is 1.52. The second kappa shape index (κ2) is 5.88. The third kappa shape index (κ3) is 3.64. The molecule has 0 aliphatic heterocycles. The fraction of sp³-hybridized carbons (Fsp3) is 0.727. The van der Waals surface area contributed by atoms with Crippen LogP contribution in [0, 0.1) is 0 Å². The van der Waals surface area contributed by atoms with Gasteiger partial charge in [-0.15, -0.1) is 0 Å². The van der Waals surface area contributed by atoms with E-state index in [1.165, 1.54) is 0 Å². The van der Waals surface area contributed by atoms with Crippen LogP contribution in [0.4, 0.5) is 0 Å². The molecule has 0 aliphatic rings. The Morgan fingerprint density at radius 1 is 1.53 bits per heavy atom. The molecule has 0 radical (unpaired) electrons. The summed E-state index contributed by atoms with van der Waals surface area (Å²) >= 11 is 0. The van der Waals surface area contributed by atoms with Gasteiger partial charge in [0.2, 0.25) is 0 Å². The Balaban J connectivity index is 2.54. The van der Waals surface area contributed by atoms with Crippen molar-refractivity contribution in [3.05, 3.63) is 18.2 Å². The highest BCUT2D eigenvalue weighted by Crippen LogP contribution is 2.06. The van der Waals surface area contributed by atoms with E-state index in [1.54, 1.807) is 0 Å². The molecular weight excluding hydrogens is 190 g/mol.